The normalized spacial score (nSPS) is 9.78. The van der Waals surface area contributed by atoms with E-state index in [1.807, 2.05) is 0 Å². The van der Waals surface area contributed by atoms with Gasteiger partial charge in [0.2, 0.25) is 17.8 Å². The van der Waals surface area contributed by atoms with Crippen molar-refractivity contribution >= 4 is 23.8 Å². The lowest BCUT2D eigenvalue weighted by Gasteiger charge is -2.12. The van der Waals surface area contributed by atoms with Crippen molar-refractivity contribution in [3.8, 4) is 0 Å². The summed E-state index contributed by atoms with van der Waals surface area (Å²) in [7, 11) is 3.56. The Bertz CT molecular complexity index is 410. The lowest BCUT2D eigenvalue weighted by molar-refractivity contribution is -0.140. The molecule has 100 valence electrons. The van der Waals surface area contributed by atoms with E-state index >= 15 is 0 Å². The highest BCUT2D eigenvalue weighted by molar-refractivity contribution is 5.74. The van der Waals surface area contributed by atoms with Crippen molar-refractivity contribution in [2.45, 2.75) is 6.92 Å². The third kappa shape index (κ3) is 4.01. The minimum atomic E-state index is -0.383. The van der Waals surface area contributed by atoms with Crippen LogP contribution in [0.5, 0.6) is 0 Å². The first-order valence-electron chi connectivity index (χ1n) is 5.36. The Morgan fingerprint density at radius 3 is 2.56 bits per heavy atom. The average Bonchev–Trinajstić information content (AvgIpc) is 2.36. The molecule has 0 aliphatic carbocycles. The predicted molar refractivity (Wildman–Crippen MR) is 67.1 cm³/mol. The third-order valence-electron chi connectivity index (χ3n) is 1.85. The molecule has 1 aromatic heterocycles. The van der Waals surface area contributed by atoms with Gasteiger partial charge < -0.3 is 15.0 Å². The monoisotopic (exact) mass is 255 g/mol. The van der Waals surface area contributed by atoms with Gasteiger partial charge in [-0.15, -0.1) is 0 Å². The number of carbonyl (C=O) groups excluding carboxylic acids is 1. The van der Waals surface area contributed by atoms with E-state index in [1.165, 1.54) is 0 Å². The Balaban J connectivity index is 2.75. The fraction of sp³-hybridized carbons (Fsp3) is 0.556. The number of hydrogen-bond acceptors (Lipinski definition) is 9. The molecule has 0 amide bonds. The highest BCUT2D eigenvalue weighted by Gasteiger charge is 2.08. The Kier molecular flexibility index (Phi) is 5.06. The maximum Gasteiger partial charge on any atom is 0.325 e. The van der Waals surface area contributed by atoms with E-state index in [-0.39, 0.29) is 24.4 Å². The molecular weight excluding hydrogens is 238 g/mol. The number of hydrazine groups is 1. The number of nitrogens with zero attached hydrogens (tertiary/aromatic N) is 4. The van der Waals surface area contributed by atoms with E-state index in [2.05, 4.69) is 25.7 Å². The van der Waals surface area contributed by atoms with Gasteiger partial charge in [0.1, 0.15) is 6.54 Å². The summed E-state index contributed by atoms with van der Waals surface area (Å²) in [6, 6.07) is 0. The first-order valence-corrected chi connectivity index (χ1v) is 5.36. The van der Waals surface area contributed by atoms with E-state index in [4.69, 9.17) is 10.6 Å². The molecule has 0 bridgehead atoms. The van der Waals surface area contributed by atoms with E-state index < -0.39 is 0 Å². The van der Waals surface area contributed by atoms with Gasteiger partial charge in [-0.1, -0.05) is 0 Å². The lowest BCUT2D eigenvalue weighted by atomic mass is 10.6. The fourth-order valence-electron chi connectivity index (χ4n) is 1.07. The summed E-state index contributed by atoms with van der Waals surface area (Å²) in [4.78, 5) is 25.0. The van der Waals surface area contributed by atoms with Crippen LogP contribution in [0.2, 0.25) is 0 Å². The van der Waals surface area contributed by atoms with Gasteiger partial charge in [0.25, 0.3) is 0 Å². The number of nitrogens with two attached hydrogens (primary N) is 1. The topological polar surface area (TPSA) is 118 Å². The van der Waals surface area contributed by atoms with Crippen LogP contribution in [-0.4, -0.2) is 48.2 Å². The van der Waals surface area contributed by atoms with Crippen LogP contribution in [0.1, 0.15) is 6.92 Å². The van der Waals surface area contributed by atoms with Crippen LogP contribution < -0.4 is 21.5 Å². The molecule has 0 saturated carbocycles. The van der Waals surface area contributed by atoms with Crippen molar-refractivity contribution in [3.05, 3.63) is 0 Å². The van der Waals surface area contributed by atoms with E-state index in [9.17, 15) is 4.79 Å². The number of anilines is 3. The van der Waals surface area contributed by atoms with Crippen molar-refractivity contribution in [2.75, 3.05) is 42.9 Å². The molecule has 0 fully saturated rings. The van der Waals surface area contributed by atoms with Gasteiger partial charge >= 0.3 is 5.97 Å². The molecule has 1 rings (SSSR count). The number of carbonyl (C=O) groups is 1. The summed E-state index contributed by atoms with van der Waals surface area (Å²) < 4.78 is 4.77. The van der Waals surface area contributed by atoms with Crippen molar-refractivity contribution in [2.24, 2.45) is 5.84 Å². The number of hydrogen-bond donors (Lipinski definition) is 3. The molecule has 4 N–H and O–H groups in total. The summed E-state index contributed by atoms with van der Waals surface area (Å²) >= 11 is 0. The molecule has 9 nitrogen and oxygen atoms in total. The maximum absolute atomic E-state index is 11.2. The summed E-state index contributed by atoms with van der Waals surface area (Å²) in [5.74, 6) is 5.74. The third-order valence-corrected chi connectivity index (χ3v) is 1.85. The minimum absolute atomic E-state index is 0.0191. The first-order chi connectivity index (χ1) is 8.56. The van der Waals surface area contributed by atoms with E-state index in [1.54, 1.807) is 25.9 Å². The molecule has 18 heavy (non-hydrogen) atoms. The molecule has 0 aromatic carbocycles. The zero-order valence-corrected chi connectivity index (χ0v) is 10.6. The quantitative estimate of drug-likeness (QED) is 0.341. The van der Waals surface area contributed by atoms with Crippen LogP contribution in [0, 0.1) is 0 Å². The van der Waals surface area contributed by atoms with Crippen LogP contribution in [0.3, 0.4) is 0 Å². The molecule has 1 heterocycles. The Morgan fingerprint density at radius 2 is 2.00 bits per heavy atom. The molecule has 0 radical (unpaired) electrons. The minimum Gasteiger partial charge on any atom is -0.465 e. The number of esters is 1. The second-order valence-corrected chi connectivity index (χ2v) is 3.48. The predicted octanol–water partition coefficient (Wildman–Crippen LogP) is -0.802. The van der Waals surface area contributed by atoms with Crippen LogP contribution in [0.15, 0.2) is 0 Å². The van der Waals surface area contributed by atoms with Crippen LogP contribution in [0.4, 0.5) is 17.8 Å². The second-order valence-electron chi connectivity index (χ2n) is 3.48. The second kappa shape index (κ2) is 6.55. The zero-order valence-electron chi connectivity index (χ0n) is 10.6. The van der Waals surface area contributed by atoms with Gasteiger partial charge in [0.15, 0.2) is 0 Å². The van der Waals surface area contributed by atoms with Crippen LogP contribution in [0.25, 0.3) is 0 Å². The van der Waals surface area contributed by atoms with E-state index in [0.717, 1.165) is 0 Å². The summed E-state index contributed by atoms with van der Waals surface area (Å²) in [6.07, 6.45) is 0. The van der Waals surface area contributed by atoms with Crippen LogP contribution >= 0.6 is 0 Å². The van der Waals surface area contributed by atoms with Gasteiger partial charge in [-0.25, -0.2) is 5.84 Å². The molecule has 0 saturated heterocycles. The van der Waals surface area contributed by atoms with Gasteiger partial charge in [-0.2, -0.15) is 15.0 Å². The largest absolute Gasteiger partial charge is 0.465 e. The highest BCUT2D eigenvalue weighted by atomic mass is 16.5. The van der Waals surface area contributed by atoms with Gasteiger partial charge in [-0.3, -0.25) is 10.2 Å². The Labute approximate surface area is 105 Å². The van der Waals surface area contributed by atoms with Gasteiger partial charge in [-0.05, 0) is 6.92 Å². The van der Waals surface area contributed by atoms with Crippen molar-refractivity contribution < 1.29 is 9.53 Å². The smallest absolute Gasteiger partial charge is 0.325 e. The molecule has 0 aliphatic heterocycles. The Hall–Kier alpha value is -2.16. The number of nitrogen functional groups attached to an aromatic ring is 1. The van der Waals surface area contributed by atoms with E-state index in [0.29, 0.717) is 12.6 Å². The molecule has 1 aromatic rings. The molecule has 9 heteroatoms. The average molecular weight is 255 g/mol. The number of nitrogens with one attached hydrogen (secondary N) is 2. The number of ether oxygens (including phenoxy) is 1. The number of aromatic nitrogens is 3. The number of rotatable bonds is 6. The zero-order chi connectivity index (χ0) is 13.5. The van der Waals surface area contributed by atoms with Crippen molar-refractivity contribution in [1.29, 1.82) is 0 Å². The molecule has 0 aliphatic rings. The lowest BCUT2D eigenvalue weighted by Crippen LogP contribution is -2.22. The maximum atomic E-state index is 11.2. The molecule has 0 atom stereocenters. The van der Waals surface area contributed by atoms with Crippen LogP contribution in [-0.2, 0) is 9.53 Å². The first kappa shape index (κ1) is 13.9. The van der Waals surface area contributed by atoms with Crippen molar-refractivity contribution in [1.82, 2.24) is 15.0 Å². The fourth-order valence-corrected chi connectivity index (χ4v) is 1.07. The molecule has 0 spiro atoms. The van der Waals surface area contributed by atoms with Gasteiger partial charge in [0.05, 0.1) is 6.61 Å². The van der Waals surface area contributed by atoms with Crippen molar-refractivity contribution in [3.63, 3.8) is 0 Å². The van der Waals surface area contributed by atoms with Gasteiger partial charge in [0, 0.05) is 14.1 Å². The SMILES string of the molecule is CCOC(=O)CNc1nc(NN)nc(N(C)C)n1. The Morgan fingerprint density at radius 1 is 1.33 bits per heavy atom. The summed E-state index contributed by atoms with van der Waals surface area (Å²) in [5, 5.41) is 2.74. The molecular formula is C9H17N7O2. The highest BCUT2D eigenvalue weighted by Crippen LogP contribution is 2.10. The summed E-state index contributed by atoms with van der Waals surface area (Å²) in [6.45, 7) is 2.05. The standard InChI is InChI=1S/C9H17N7O2/c1-4-18-6(17)5-11-7-12-8(15-10)14-9(13-7)16(2)3/h4-5,10H2,1-3H3,(H2,11,12,13,14,15). The summed E-state index contributed by atoms with van der Waals surface area (Å²) in [5.41, 5.74) is 2.33. The molecule has 0 unspecified atom stereocenters.